The summed E-state index contributed by atoms with van der Waals surface area (Å²) in [6.07, 6.45) is 5.66. The van der Waals surface area contributed by atoms with Gasteiger partial charge in [0.05, 0.1) is 6.61 Å². The molecule has 0 aliphatic heterocycles. The molecule has 94 valence electrons. The summed E-state index contributed by atoms with van der Waals surface area (Å²) in [5, 5.41) is 0.308. The Morgan fingerprint density at radius 1 is 1.29 bits per heavy atom. The molecule has 0 spiro atoms. The topological polar surface area (TPSA) is 39.2 Å². The van der Waals surface area contributed by atoms with Gasteiger partial charge in [-0.2, -0.15) is 0 Å². The van der Waals surface area contributed by atoms with Crippen molar-refractivity contribution in [2.24, 2.45) is 0 Å². The number of rotatable bonds is 7. The van der Waals surface area contributed by atoms with Crippen molar-refractivity contribution >= 4 is 17.6 Å². The van der Waals surface area contributed by atoms with Crippen LogP contribution in [0, 0.1) is 0 Å². The maximum atomic E-state index is 11.5. The highest BCUT2D eigenvalue weighted by Gasteiger charge is 2.08. The zero-order chi connectivity index (χ0) is 12.5. The summed E-state index contributed by atoms with van der Waals surface area (Å²) in [7, 11) is 0. The summed E-state index contributed by atoms with van der Waals surface area (Å²) in [5.41, 5.74) is 0.269. The molecule has 0 aromatic carbocycles. The van der Waals surface area contributed by atoms with Gasteiger partial charge in [0, 0.05) is 0 Å². The van der Waals surface area contributed by atoms with Crippen LogP contribution in [0.25, 0.3) is 0 Å². The second-order valence-corrected chi connectivity index (χ2v) is 4.28. The van der Waals surface area contributed by atoms with Gasteiger partial charge in [0.1, 0.15) is 10.8 Å². The number of esters is 1. The summed E-state index contributed by atoms with van der Waals surface area (Å²) < 4.78 is 5.10. The molecule has 17 heavy (non-hydrogen) atoms. The SMILES string of the molecule is CCCCCCCOC(=O)c1cccc(Cl)n1. The molecule has 3 nitrogen and oxygen atoms in total. The zero-order valence-corrected chi connectivity index (χ0v) is 10.9. The Morgan fingerprint density at radius 2 is 2.06 bits per heavy atom. The number of unbranched alkanes of at least 4 members (excludes halogenated alkanes) is 4. The van der Waals surface area contributed by atoms with Gasteiger partial charge < -0.3 is 4.74 Å². The van der Waals surface area contributed by atoms with E-state index >= 15 is 0 Å². The van der Waals surface area contributed by atoms with E-state index in [9.17, 15) is 4.79 Å². The molecule has 4 heteroatoms. The smallest absolute Gasteiger partial charge is 0.356 e. The fourth-order valence-electron chi connectivity index (χ4n) is 1.47. The van der Waals surface area contributed by atoms with E-state index in [0.29, 0.717) is 11.8 Å². The Kier molecular flexibility index (Phi) is 6.63. The monoisotopic (exact) mass is 255 g/mol. The standard InChI is InChI=1S/C13H18ClNO2/c1-2-3-4-5-6-10-17-13(16)11-8-7-9-12(14)15-11/h7-9H,2-6,10H2,1H3. The van der Waals surface area contributed by atoms with Gasteiger partial charge in [0.25, 0.3) is 0 Å². The molecule has 0 aliphatic carbocycles. The third kappa shape index (κ3) is 5.68. The Bertz CT molecular complexity index is 355. The molecule has 1 rings (SSSR count). The van der Waals surface area contributed by atoms with Crippen LogP contribution in [-0.2, 0) is 4.74 Å². The number of ether oxygens (including phenoxy) is 1. The normalized spacial score (nSPS) is 10.2. The van der Waals surface area contributed by atoms with Gasteiger partial charge in [-0.25, -0.2) is 9.78 Å². The van der Waals surface area contributed by atoms with Crippen LogP contribution in [0.5, 0.6) is 0 Å². The Labute approximate surface area is 107 Å². The summed E-state index contributed by atoms with van der Waals surface area (Å²) in [4.78, 5) is 15.4. The number of nitrogens with zero attached hydrogens (tertiary/aromatic N) is 1. The van der Waals surface area contributed by atoms with Crippen molar-refractivity contribution in [2.45, 2.75) is 39.0 Å². The van der Waals surface area contributed by atoms with Crippen molar-refractivity contribution in [3.8, 4) is 0 Å². The average molecular weight is 256 g/mol. The first-order valence-corrected chi connectivity index (χ1v) is 6.41. The fraction of sp³-hybridized carbons (Fsp3) is 0.538. The van der Waals surface area contributed by atoms with Crippen molar-refractivity contribution < 1.29 is 9.53 Å². The van der Waals surface area contributed by atoms with Gasteiger partial charge >= 0.3 is 5.97 Å². The van der Waals surface area contributed by atoms with E-state index in [2.05, 4.69) is 11.9 Å². The van der Waals surface area contributed by atoms with Crippen LogP contribution in [0.1, 0.15) is 49.5 Å². The fourth-order valence-corrected chi connectivity index (χ4v) is 1.63. The molecule has 0 unspecified atom stereocenters. The van der Waals surface area contributed by atoms with Gasteiger partial charge in [0.15, 0.2) is 0 Å². The van der Waals surface area contributed by atoms with Crippen LogP contribution in [0.2, 0.25) is 5.15 Å². The molecule has 0 bridgehead atoms. The molecule has 0 aliphatic rings. The molecular formula is C13H18ClNO2. The lowest BCUT2D eigenvalue weighted by molar-refractivity contribution is 0.0491. The zero-order valence-electron chi connectivity index (χ0n) is 10.1. The highest BCUT2D eigenvalue weighted by atomic mass is 35.5. The maximum Gasteiger partial charge on any atom is 0.356 e. The second-order valence-electron chi connectivity index (χ2n) is 3.90. The molecule has 0 saturated heterocycles. The number of hydrogen-bond donors (Lipinski definition) is 0. The summed E-state index contributed by atoms with van der Waals surface area (Å²) >= 11 is 5.69. The molecule has 1 heterocycles. The molecule has 0 amide bonds. The number of hydrogen-bond acceptors (Lipinski definition) is 3. The second kappa shape index (κ2) is 8.07. The minimum absolute atomic E-state index is 0.269. The number of halogens is 1. The third-order valence-electron chi connectivity index (χ3n) is 2.41. The molecule has 0 saturated carbocycles. The van der Waals surface area contributed by atoms with Crippen molar-refractivity contribution in [3.63, 3.8) is 0 Å². The largest absolute Gasteiger partial charge is 0.461 e. The lowest BCUT2D eigenvalue weighted by Gasteiger charge is -2.04. The molecule has 0 radical (unpaired) electrons. The number of carbonyl (C=O) groups excluding carboxylic acids is 1. The Balaban J connectivity index is 2.21. The van der Waals surface area contributed by atoms with Gasteiger partial charge in [-0.05, 0) is 18.6 Å². The van der Waals surface area contributed by atoms with Crippen molar-refractivity contribution in [1.82, 2.24) is 4.98 Å². The van der Waals surface area contributed by atoms with E-state index in [4.69, 9.17) is 16.3 Å². The Morgan fingerprint density at radius 3 is 2.76 bits per heavy atom. The summed E-state index contributed by atoms with van der Waals surface area (Å²) in [6, 6.07) is 4.92. The van der Waals surface area contributed by atoms with Gasteiger partial charge in [-0.1, -0.05) is 50.3 Å². The molecule has 0 atom stereocenters. The molecule has 1 aromatic heterocycles. The van der Waals surface area contributed by atoms with Crippen molar-refractivity contribution in [1.29, 1.82) is 0 Å². The first kappa shape index (κ1) is 14.0. The van der Waals surface area contributed by atoms with E-state index in [1.807, 2.05) is 0 Å². The van der Waals surface area contributed by atoms with Crippen LogP contribution in [0.3, 0.4) is 0 Å². The minimum Gasteiger partial charge on any atom is -0.461 e. The maximum absolute atomic E-state index is 11.5. The highest BCUT2D eigenvalue weighted by molar-refractivity contribution is 6.29. The lowest BCUT2D eigenvalue weighted by Crippen LogP contribution is -2.08. The van der Waals surface area contributed by atoms with Crippen LogP contribution in [0.15, 0.2) is 18.2 Å². The molecule has 0 fully saturated rings. The van der Waals surface area contributed by atoms with E-state index in [1.54, 1.807) is 18.2 Å². The van der Waals surface area contributed by atoms with Crippen LogP contribution in [-0.4, -0.2) is 17.6 Å². The van der Waals surface area contributed by atoms with Gasteiger partial charge in [-0.3, -0.25) is 0 Å². The molecular weight excluding hydrogens is 238 g/mol. The minimum atomic E-state index is -0.400. The van der Waals surface area contributed by atoms with Gasteiger partial charge in [0.2, 0.25) is 0 Å². The summed E-state index contributed by atoms with van der Waals surface area (Å²) in [5.74, 6) is -0.400. The predicted molar refractivity (Wildman–Crippen MR) is 68.3 cm³/mol. The van der Waals surface area contributed by atoms with Crippen molar-refractivity contribution in [2.75, 3.05) is 6.61 Å². The van der Waals surface area contributed by atoms with Crippen molar-refractivity contribution in [3.05, 3.63) is 29.0 Å². The van der Waals surface area contributed by atoms with Crippen LogP contribution in [0.4, 0.5) is 0 Å². The number of pyridine rings is 1. The molecule has 1 aromatic rings. The lowest BCUT2D eigenvalue weighted by atomic mass is 10.2. The first-order valence-electron chi connectivity index (χ1n) is 6.03. The quantitative estimate of drug-likeness (QED) is 0.422. The van der Waals surface area contributed by atoms with Crippen LogP contribution < -0.4 is 0 Å². The van der Waals surface area contributed by atoms with E-state index in [0.717, 1.165) is 12.8 Å². The molecule has 0 N–H and O–H groups in total. The van der Waals surface area contributed by atoms with E-state index in [-0.39, 0.29) is 5.69 Å². The predicted octanol–water partition coefficient (Wildman–Crippen LogP) is 3.86. The first-order chi connectivity index (χ1) is 8.24. The highest BCUT2D eigenvalue weighted by Crippen LogP contribution is 2.07. The number of carbonyl (C=O) groups is 1. The third-order valence-corrected chi connectivity index (χ3v) is 2.62. The Hall–Kier alpha value is -1.09. The van der Waals surface area contributed by atoms with E-state index in [1.165, 1.54) is 19.3 Å². The number of aromatic nitrogens is 1. The van der Waals surface area contributed by atoms with Gasteiger partial charge in [-0.15, -0.1) is 0 Å². The van der Waals surface area contributed by atoms with Crippen LogP contribution >= 0.6 is 11.6 Å². The van der Waals surface area contributed by atoms with E-state index < -0.39 is 5.97 Å². The summed E-state index contributed by atoms with van der Waals surface area (Å²) in [6.45, 7) is 2.63. The average Bonchev–Trinajstić information content (AvgIpc) is 2.33.